The molecule has 0 bridgehead atoms. The largest absolute Gasteiger partial charge is 0.497 e. The highest BCUT2D eigenvalue weighted by Gasteiger charge is 2.44. The summed E-state index contributed by atoms with van der Waals surface area (Å²) in [5.74, 6) is -4.99. The lowest BCUT2D eigenvalue weighted by Gasteiger charge is -2.27. The van der Waals surface area contributed by atoms with E-state index >= 15 is 0 Å². The molecule has 8 heteroatoms. The van der Waals surface area contributed by atoms with Gasteiger partial charge in [0.15, 0.2) is 5.92 Å². The lowest BCUT2D eigenvalue weighted by Crippen LogP contribution is -2.41. The van der Waals surface area contributed by atoms with Crippen LogP contribution in [0.15, 0.2) is 24.3 Å². The molecule has 0 aromatic heterocycles. The fourth-order valence-electron chi connectivity index (χ4n) is 3.12. The van der Waals surface area contributed by atoms with Gasteiger partial charge in [-0.05, 0) is 44.5 Å². The monoisotopic (exact) mass is 418 g/mol. The number of methoxy groups -OCH3 is 1. The van der Waals surface area contributed by atoms with Crippen LogP contribution in [-0.2, 0) is 23.9 Å². The number of rotatable bonds is 12. The molecule has 2 unspecified atom stereocenters. The van der Waals surface area contributed by atoms with Gasteiger partial charge in [-0.3, -0.25) is 14.4 Å². The minimum Gasteiger partial charge on any atom is -0.497 e. The summed E-state index contributed by atoms with van der Waals surface area (Å²) in [6.07, 6.45) is 1.73. The Balaban J connectivity index is 3.19. The lowest BCUT2D eigenvalue weighted by atomic mass is 9.78. The van der Waals surface area contributed by atoms with E-state index < -0.39 is 35.6 Å². The highest BCUT2D eigenvalue weighted by atomic mass is 16.6. The molecule has 1 N–H and O–H groups in total. The first-order valence-corrected chi connectivity index (χ1v) is 10.1. The van der Waals surface area contributed by atoms with Crippen LogP contribution in [0.4, 0.5) is 5.69 Å². The minimum absolute atomic E-state index is 0.0739. The molecule has 0 spiro atoms. The Labute approximate surface area is 177 Å². The highest BCUT2D eigenvalue weighted by molar-refractivity contribution is 5.98. The summed E-state index contributed by atoms with van der Waals surface area (Å²) in [5.41, 5.74) is 0.471. The van der Waals surface area contributed by atoms with Gasteiger partial charge in [0.1, 0.15) is 11.7 Å². The average molecular weight is 418 g/mol. The molecule has 164 valence electrons. The predicted molar refractivity (Wildman–Crippen MR) is 110 cm³/mol. The molecule has 30 heavy (non-hydrogen) atoms. The molecule has 1 amide bonds. The average Bonchev–Trinajstić information content (AvgIpc) is 2.73. The third kappa shape index (κ3) is 7.07. The van der Waals surface area contributed by atoms with Crippen molar-refractivity contribution in [3.63, 3.8) is 0 Å². The molecule has 1 aromatic carbocycles. The van der Waals surface area contributed by atoms with E-state index in [0.717, 1.165) is 6.42 Å². The summed E-state index contributed by atoms with van der Waals surface area (Å²) < 4.78 is 15.2. The number of nitriles is 1. The SMILES string of the molecule is CCCCC(C(C#N)C(=O)Nc1ccc(OC)cc1)C(C(=O)OCC)C(=O)OCC. The molecule has 0 fully saturated rings. The van der Waals surface area contributed by atoms with Crippen LogP contribution in [0.5, 0.6) is 5.75 Å². The zero-order valence-corrected chi connectivity index (χ0v) is 18.0. The number of amides is 1. The van der Waals surface area contributed by atoms with E-state index in [4.69, 9.17) is 14.2 Å². The van der Waals surface area contributed by atoms with Crippen LogP contribution < -0.4 is 10.1 Å². The molecule has 0 radical (unpaired) electrons. The number of hydrogen-bond acceptors (Lipinski definition) is 7. The summed E-state index contributed by atoms with van der Waals surface area (Å²) in [6, 6.07) is 8.60. The van der Waals surface area contributed by atoms with Crippen LogP contribution in [0.1, 0.15) is 40.0 Å². The molecule has 0 aliphatic heterocycles. The van der Waals surface area contributed by atoms with Gasteiger partial charge in [-0.25, -0.2) is 0 Å². The number of benzene rings is 1. The van der Waals surface area contributed by atoms with Gasteiger partial charge in [0, 0.05) is 11.6 Å². The van der Waals surface area contributed by atoms with Crippen LogP contribution in [0.25, 0.3) is 0 Å². The van der Waals surface area contributed by atoms with E-state index in [2.05, 4.69) is 5.32 Å². The van der Waals surface area contributed by atoms with Crippen molar-refractivity contribution in [3.05, 3.63) is 24.3 Å². The van der Waals surface area contributed by atoms with E-state index in [9.17, 15) is 19.6 Å². The smallest absolute Gasteiger partial charge is 0.320 e. The van der Waals surface area contributed by atoms with Crippen LogP contribution in [0.2, 0.25) is 0 Å². The van der Waals surface area contributed by atoms with Crippen LogP contribution >= 0.6 is 0 Å². The second kappa shape index (κ2) is 13.2. The second-order valence-electron chi connectivity index (χ2n) is 6.61. The zero-order valence-electron chi connectivity index (χ0n) is 18.0. The molecule has 1 rings (SSSR count). The van der Waals surface area contributed by atoms with Gasteiger partial charge in [0.25, 0.3) is 0 Å². The van der Waals surface area contributed by atoms with Crippen molar-refractivity contribution < 1.29 is 28.6 Å². The maximum absolute atomic E-state index is 12.9. The maximum atomic E-state index is 12.9. The van der Waals surface area contributed by atoms with Crippen molar-refractivity contribution in [2.45, 2.75) is 40.0 Å². The van der Waals surface area contributed by atoms with Crippen LogP contribution in [0.3, 0.4) is 0 Å². The van der Waals surface area contributed by atoms with E-state index in [1.807, 2.05) is 13.0 Å². The van der Waals surface area contributed by atoms with Crippen molar-refractivity contribution in [1.82, 2.24) is 0 Å². The van der Waals surface area contributed by atoms with Crippen LogP contribution in [0, 0.1) is 29.1 Å². The summed E-state index contributed by atoms with van der Waals surface area (Å²) >= 11 is 0. The van der Waals surface area contributed by atoms with Crippen molar-refractivity contribution >= 4 is 23.5 Å². The highest BCUT2D eigenvalue weighted by Crippen LogP contribution is 2.30. The lowest BCUT2D eigenvalue weighted by molar-refractivity contribution is -0.165. The van der Waals surface area contributed by atoms with Crippen molar-refractivity contribution in [1.29, 1.82) is 5.26 Å². The van der Waals surface area contributed by atoms with Gasteiger partial charge in [-0.1, -0.05) is 19.8 Å². The third-order valence-electron chi connectivity index (χ3n) is 4.61. The molecule has 0 aliphatic carbocycles. The topological polar surface area (TPSA) is 115 Å². The number of unbranched alkanes of at least 4 members (excludes halogenated alkanes) is 1. The number of nitrogens with one attached hydrogen (secondary N) is 1. The summed E-state index contributed by atoms with van der Waals surface area (Å²) in [6.45, 7) is 5.34. The summed E-state index contributed by atoms with van der Waals surface area (Å²) in [4.78, 5) is 38.0. The fourth-order valence-corrected chi connectivity index (χ4v) is 3.12. The normalized spacial score (nSPS) is 12.4. The maximum Gasteiger partial charge on any atom is 0.320 e. The Morgan fingerprint density at radius 1 is 1.03 bits per heavy atom. The van der Waals surface area contributed by atoms with E-state index in [0.29, 0.717) is 24.3 Å². The molecular weight excluding hydrogens is 388 g/mol. The van der Waals surface area contributed by atoms with E-state index in [-0.39, 0.29) is 13.2 Å². The molecule has 0 saturated heterocycles. The number of hydrogen-bond donors (Lipinski definition) is 1. The van der Waals surface area contributed by atoms with Crippen molar-refractivity contribution in [2.75, 3.05) is 25.6 Å². The Morgan fingerprint density at radius 3 is 2.03 bits per heavy atom. The van der Waals surface area contributed by atoms with Gasteiger partial charge in [0.2, 0.25) is 5.91 Å². The second-order valence-corrected chi connectivity index (χ2v) is 6.61. The molecule has 0 aliphatic rings. The summed E-state index contributed by atoms with van der Waals surface area (Å²) in [7, 11) is 1.53. The van der Waals surface area contributed by atoms with Gasteiger partial charge in [-0.15, -0.1) is 0 Å². The Morgan fingerprint density at radius 2 is 1.60 bits per heavy atom. The van der Waals surface area contributed by atoms with Gasteiger partial charge in [0.05, 0.1) is 26.4 Å². The first kappa shape index (κ1) is 25.0. The molecule has 0 saturated carbocycles. The quantitative estimate of drug-likeness (QED) is 0.409. The molecule has 0 heterocycles. The number of esters is 2. The number of anilines is 1. The number of ether oxygens (including phenoxy) is 3. The molecular formula is C22H30N2O6. The summed E-state index contributed by atoms with van der Waals surface area (Å²) in [5, 5.41) is 12.4. The Bertz CT molecular complexity index is 723. The Hall–Kier alpha value is -3.08. The van der Waals surface area contributed by atoms with Crippen molar-refractivity contribution in [3.8, 4) is 11.8 Å². The predicted octanol–water partition coefficient (Wildman–Crippen LogP) is 3.32. The first-order valence-electron chi connectivity index (χ1n) is 10.1. The zero-order chi connectivity index (χ0) is 22.5. The third-order valence-corrected chi connectivity index (χ3v) is 4.61. The standard InChI is InChI=1S/C22H30N2O6/c1-5-8-9-17(19(21(26)29-6-2)22(27)30-7-3)18(14-23)20(25)24-15-10-12-16(28-4)13-11-15/h10-13,17-19H,5-9H2,1-4H3,(H,24,25). The van der Waals surface area contributed by atoms with Crippen LogP contribution in [-0.4, -0.2) is 38.2 Å². The number of nitrogens with zero attached hydrogens (tertiary/aromatic N) is 1. The van der Waals surface area contributed by atoms with Gasteiger partial charge in [-0.2, -0.15) is 5.26 Å². The van der Waals surface area contributed by atoms with E-state index in [1.54, 1.807) is 38.1 Å². The van der Waals surface area contributed by atoms with Gasteiger partial charge < -0.3 is 19.5 Å². The van der Waals surface area contributed by atoms with E-state index in [1.165, 1.54) is 7.11 Å². The molecule has 2 atom stereocenters. The number of carbonyl (C=O) groups excluding carboxylic acids is 3. The fraction of sp³-hybridized carbons (Fsp3) is 0.545. The molecule has 8 nitrogen and oxygen atoms in total. The number of carbonyl (C=O) groups is 3. The Kier molecular flexibility index (Phi) is 11.0. The first-order chi connectivity index (χ1) is 14.4. The minimum atomic E-state index is -1.34. The van der Waals surface area contributed by atoms with Crippen molar-refractivity contribution in [2.24, 2.45) is 17.8 Å². The molecule has 1 aromatic rings. The van der Waals surface area contributed by atoms with Gasteiger partial charge >= 0.3 is 11.9 Å².